The van der Waals surface area contributed by atoms with Crippen molar-refractivity contribution in [2.45, 2.75) is 75.9 Å². The second-order valence-corrected chi connectivity index (χ2v) is 11.8. The van der Waals surface area contributed by atoms with Crippen LogP contribution in [0.3, 0.4) is 0 Å². The van der Waals surface area contributed by atoms with Gasteiger partial charge in [-0.05, 0) is 60.6 Å². The lowest BCUT2D eigenvalue weighted by Gasteiger charge is -2.53. The molecule has 4 aliphatic rings. The van der Waals surface area contributed by atoms with E-state index in [1.54, 1.807) is 6.07 Å². The summed E-state index contributed by atoms with van der Waals surface area (Å²) in [7, 11) is 0. The number of rotatable bonds is 4. The lowest BCUT2D eigenvalue weighted by atomic mass is 9.63. The fourth-order valence-electron chi connectivity index (χ4n) is 7.32. The quantitative estimate of drug-likeness (QED) is 0.554. The Kier molecular flexibility index (Phi) is 6.53. The third-order valence-corrected chi connectivity index (χ3v) is 9.44. The van der Waals surface area contributed by atoms with Crippen LogP contribution in [0.5, 0.6) is 0 Å². The number of nitrogens with one attached hydrogen (secondary N) is 1. The van der Waals surface area contributed by atoms with Crippen molar-refractivity contribution in [3.63, 3.8) is 0 Å². The number of benzene rings is 2. The van der Waals surface area contributed by atoms with Gasteiger partial charge in [-0.25, -0.2) is 0 Å². The molecule has 2 saturated heterocycles. The molecule has 40 heavy (non-hydrogen) atoms. The van der Waals surface area contributed by atoms with Crippen molar-refractivity contribution in [3.05, 3.63) is 70.3 Å². The molecule has 7 nitrogen and oxygen atoms in total. The first-order chi connectivity index (χ1) is 19.0. The summed E-state index contributed by atoms with van der Waals surface area (Å²) < 4.78 is 39.0. The maximum absolute atomic E-state index is 13.2. The summed E-state index contributed by atoms with van der Waals surface area (Å²) in [5, 5.41) is 14.7. The number of carbonyl (C=O) groups excluding carboxylic acids is 3. The van der Waals surface area contributed by atoms with Gasteiger partial charge in [0.2, 0.25) is 11.8 Å². The normalized spacial score (nSPS) is 26.9. The molecule has 2 aromatic carbocycles. The van der Waals surface area contributed by atoms with E-state index in [1.807, 2.05) is 12.1 Å². The van der Waals surface area contributed by atoms with Crippen LogP contribution in [0.1, 0.15) is 77.6 Å². The largest absolute Gasteiger partial charge is 0.416 e. The molecule has 0 radical (unpaired) electrons. The van der Waals surface area contributed by atoms with Gasteiger partial charge in [0.05, 0.1) is 11.2 Å². The first-order valence-electron chi connectivity index (χ1n) is 13.9. The van der Waals surface area contributed by atoms with Crippen molar-refractivity contribution in [3.8, 4) is 0 Å². The Bertz CT molecular complexity index is 1350. The molecule has 1 spiro atoms. The second kappa shape index (κ2) is 9.69. The van der Waals surface area contributed by atoms with E-state index in [0.717, 1.165) is 54.5 Å². The van der Waals surface area contributed by atoms with Gasteiger partial charge in [0.25, 0.3) is 5.91 Å². The number of carbonyl (C=O) groups is 3. The SMILES string of the molecule is O=C1CCC(N2Cc3cc([C@@]4(O)CCN(Cc5ccc(C(F)(F)F)cc5)CC45CCCC5)ccc3C2=O)C(=O)N1. The van der Waals surface area contributed by atoms with Crippen molar-refractivity contribution in [2.75, 3.05) is 13.1 Å². The van der Waals surface area contributed by atoms with E-state index in [2.05, 4.69) is 10.2 Å². The second-order valence-electron chi connectivity index (χ2n) is 11.8. The third kappa shape index (κ3) is 4.51. The van der Waals surface area contributed by atoms with Crippen molar-refractivity contribution >= 4 is 17.7 Å². The van der Waals surface area contributed by atoms with Gasteiger partial charge in [0.1, 0.15) is 6.04 Å². The molecule has 3 aliphatic heterocycles. The number of hydrogen-bond donors (Lipinski definition) is 2. The standard InChI is InChI=1S/C30H32F3N3O4/c31-30(32,33)21-5-3-19(4-6-21)16-35-14-13-29(40,28(18-35)11-1-2-12-28)22-7-8-23-20(15-22)17-36(27(23)39)24-9-10-25(37)34-26(24)38/h3-8,15,24,40H,1-2,9-14,16-18H2,(H,34,37,38)/t24?,29-/m0/s1. The average molecular weight is 556 g/mol. The Labute approximate surface area is 230 Å². The fourth-order valence-corrected chi connectivity index (χ4v) is 7.32. The summed E-state index contributed by atoms with van der Waals surface area (Å²) in [4.78, 5) is 40.9. The van der Waals surface area contributed by atoms with Crippen molar-refractivity contribution < 1.29 is 32.7 Å². The molecular formula is C30H32F3N3O4. The Morgan fingerprint density at radius 3 is 2.40 bits per heavy atom. The molecule has 3 heterocycles. The van der Waals surface area contributed by atoms with Crippen LogP contribution in [-0.2, 0) is 34.5 Å². The van der Waals surface area contributed by atoms with Gasteiger partial charge >= 0.3 is 6.18 Å². The molecule has 2 atom stereocenters. The third-order valence-electron chi connectivity index (χ3n) is 9.44. The Hall–Kier alpha value is -3.24. The Balaban J connectivity index is 1.22. The summed E-state index contributed by atoms with van der Waals surface area (Å²) in [6, 6.07) is 10.1. The molecule has 212 valence electrons. The Morgan fingerprint density at radius 1 is 1.00 bits per heavy atom. The summed E-state index contributed by atoms with van der Waals surface area (Å²) in [5.41, 5.74) is 0.662. The molecule has 0 bridgehead atoms. The predicted molar refractivity (Wildman–Crippen MR) is 139 cm³/mol. The highest BCUT2D eigenvalue weighted by Gasteiger charge is 2.55. The number of hydrogen-bond acceptors (Lipinski definition) is 5. The molecule has 10 heteroatoms. The number of alkyl halides is 3. The molecule has 1 saturated carbocycles. The van der Waals surface area contributed by atoms with Gasteiger partial charge in [-0.2, -0.15) is 13.2 Å². The summed E-state index contributed by atoms with van der Waals surface area (Å²) in [6.07, 6.45) is 0.236. The molecule has 1 unspecified atom stereocenters. The van der Waals surface area contributed by atoms with E-state index in [1.165, 1.54) is 17.0 Å². The highest BCUT2D eigenvalue weighted by atomic mass is 19.4. The van der Waals surface area contributed by atoms with Crippen LogP contribution in [0.2, 0.25) is 0 Å². The van der Waals surface area contributed by atoms with E-state index in [-0.39, 0.29) is 24.8 Å². The first kappa shape index (κ1) is 27.0. The number of piperidine rings is 2. The minimum absolute atomic E-state index is 0.188. The number of fused-ring (bicyclic) bond motifs is 1. The van der Waals surface area contributed by atoms with Gasteiger partial charge in [-0.15, -0.1) is 0 Å². The number of nitrogens with zero attached hydrogens (tertiary/aromatic N) is 2. The maximum atomic E-state index is 13.2. The zero-order valence-electron chi connectivity index (χ0n) is 22.1. The topological polar surface area (TPSA) is 90.0 Å². The number of halogens is 3. The molecule has 1 aliphatic carbocycles. The number of likely N-dealkylation sites (tertiary alicyclic amines) is 1. The molecule has 6 rings (SSSR count). The number of imide groups is 1. The Morgan fingerprint density at radius 2 is 1.73 bits per heavy atom. The van der Waals surface area contributed by atoms with Crippen LogP contribution in [0.15, 0.2) is 42.5 Å². The van der Waals surface area contributed by atoms with Gasteiger partial charge < -0.3 is 10.0 Å². The monoisotopic (exact) mass is 555 g/mol. The minimum Gasteiger partial charge on any atom is -0.384 e. The molecule has 2 aromatic rings. The minimum atomic E-state index is -4.37. The average Bonchev–Trinajstić information content (AvgIpc) is 3.51. The summed E-state index contributed by atoms with van der Waals surface area (Å²) in [6.45, 7) is 1.97. The lowest BCUT2D eigenvalue weighted by Crippen LogP contribution is -2.56. The first-order valence-corrected chi connectivity index (χ1v) is 13.9. The van der Waals surface area contributed by atoms with Crippen LogP contribution >= 0.6 is 0 Å². The highest BCUT2D eigenvalue weighted by Crippen LogP contribution is 2.56. The van der Waals surface area contributed by atoms with Gasteiger partial charge in [-0.1, -0.05) is 37.1 Å². The highest BCUT2D eigenvalue weighted by molar-refractivity contribution is 6.05. The molecule has 3 fully saturated rings. The van der Waals surface area contributed by atoms with Crippen LogP contribution in [0.4, 0.5) is 13.2 Å². The summed E-state index contributed by atoms with van der Waals surface area (Å²) >= 11 is 0. The van der Waals surface area contributed by atoms with E-state index in [0.29, 0.717) is 38.0 Å². The zero-order valence-corrected chi connectivity index (χ0v) is 22.1. The molecule has 2 N–H and O–H groups in total. The maximum Gasteiger partial charge on any atom is 0.416 e. The van der Waals surface area contributed by atoms with Gasteiger partial charge in [-0.3, -0.25) is 24.6 Å². The van der Waals surface area contributed by atoms with E-state index >= 15 is 0 Å². The number of aliphatic hydroxyl groups is 1. The van der Waals surface area contributed by atoms with Crippen molar-refractivity contribution in [1.82, 2.24) is 15.1 Å². The van der Waals surface area contributed by atoms with Crippen molar-refractivity contribution in [2.24, 2.45) is 5.41 Å². The van der Waals surface area contributed by atoms with Crippen LogP contribution in [0, 0.1) is 5.41 Å². The zero-order chi connectivity index (χ0) is 28.3. The summed E-state index contributed by atoms with van der Waals surface area (Å²) in [5.74, 6) is -1.03. The van der Waals surface area contributed by atoms with E-state index in [4.69, 9.17) is 0 Å². The molecule has 3 amide bonds. The smallest absolute Gasteiger partial charge is 0.384 e. The van der Waals surface area contributed by atoms with E-state index < -0.39 is 34.7 Å². The van der Waals surface area contributed by atoms with E-state index in [9.17, 15) is 32.7 Å². The fraction of sp³-hybridized carbons (Fsp3) is 0.500. The van der Waals surface area contributed by atoms with Crippen LogP contribution < -0.4 is 5.32 Å². The van der Waals surface area contributed by atoms with Crippen molar-refractivity contribution in [1.29, 1.82) is 0 Å². The molecule has 0 aromatic heterocycles. The van der Waals surface area contributed by atoms with Crippen LogP contribution in [0.25, 0.3) is 0 Å². The number of amides is 3. The predicted octanol–water partition coefficient (Wildman–Crippen LogP) is 4.12. The van der Waals surface area contributed by atoms with Gasteiger partial charge in [0.15, 0.2) is 0 Å². The van der Waals surface area contributed by atoms with Gasteiger partial charge in [0, 0.05) is 43.6 Å². The molecular weight excluding hydrogens is 523 g/mol. The lowest BCUT2D eigenvalue weighted by molar-refractivity contribution is -0.142. The van der Waals surface area contributed by atoms with Crippen LogP contribution in [-0.4, -0.2) is 51.8 Å².